The Bertz CT molecular complexity index is 1070. The van der Waals surface area contributed by atoms with E-state index < -0.39 is 0 Å². The van der Waals surface area contributed by atoms with E-state index in [4.69, 9.17) is 0 Å². The number of carbonyl (C=O) groups excluding carboxylic acids is 2. The van der Waals surface area contributed by atoms with Gasteiger partial charge >= 0.3 is 6.03 Å². The van der Waals surface area contributed by atoms with Crippen LogP contribution in [0.3, 0.4) is 0 Å². The molecule has 4 rings (SSSR count). The normalized spacial score (nSPS) is 13.7. The molecule has 29 heavy (non-hydrogen) atoms. The van der Waals surface area contributed by atoms with Crippen LogP contribution in [0.25, 0.3) is 11.0 Å². The molecule has 0 unspecified atom stereocenters. The minimum Gasteiger partial charge on any atom is -0.346 e. The van der Waals surface area contributed by atoms with Crippen molar-refractivity contribution >= 4 is 23.0 Å². The van der Waals surface area contributed by atoms with Gasteiger partial charge in [-0.05, 0) is 29.8 Å². The number of aromatic amines is 1. The lowest BCUT2D eigenvalue weighted by Gasteiger charge is -2.33. The smallest absolute Gasteiger partial charge is 0.317 e. The van der Waals surface area contributed by atoms with Crippen molar-refractivity contribution in [2.24, 2.45) is 0 Å². The molecule has 1 aliphatic heterocycles. The van der Waals surface area contributed by atoms with E-state index in [0.29, 0.717) is 32.7 Å². The summed E-state index contributed by atoms with van der Waals surface area (Å²) in [5.74, 6) is 5.36. The summed E-state index contributed by atoms with van der Waals surface area (Å²) in [4.78, 5) is 35.5. The van der Waals surface area contributed by atoms with E-state index >= 15 is 0 Å². The van der Waals surface area contributed by atoms with Crippen LogP contribution in [0.15, 0.2) is 54.9 Å². The fraction of sp³-hybridized carbons (Fsp3) is 0.227. The van der Waals surface area contributed by atoms with Crippen LogP contribution in [-0.2, 0) is 11.3 Å². The SMILES string of the molecule is O=C(C#Cc1ccccc1)N1CCN(C(=O)NCc2ccnc3[nH]ccc23)CC1. The van der Waals surface area contributed by atoms with Gasteiger partial charge < -0.3 is 20.1 Å². The molecule has 146 valence electrons. The van der Waals surface area contributed by atoms with Crippen molar-refractivity contribution in [3.63, 3.8) is 0 Å². The third-order valence-electron chi connectivity index (χ3n) is 4.92. The Morgan fingerprint density at radius 2 is 1.79 bits per heavy atom. The Morgan fingerprint density at radius 1 is 1.03 bits per heavy atom. The summed E-state index contributed by atoms with van der Waals surface area (Å²) >= 11 is 0. The lowest BCUT2D eigenvalue weighted by molar-refractivity contribution is -0.126. The zero-order valence-electron chi connectivity index (χ0n) is 15.9. The van der Waals surface area contributed by atoms with Gasteiger partial charge in [0, 0.05) is 62.0 Å². The molecule has 1 aromatic carbocycles. The predicted molar refractivity (Wildman–Crippen MR) is 110 cm³/mol. The quantitative estimate of drug-likeness (QED) is 0.660. The van der Waals surface area contributed by atoms with Gasteiger partial charge in [0.2, 0.25) is 0 Å². The Balaban J connectivity index is 1.28. The molecule has 0 radical (unpaired) electrons. The molecular formula is C22H21N5O2. The molecule has 7 nitrogen and oxygen atoms in total. The summed E-state index contributed by atoms with van der Waals surface area (Å²) < 4.78 is 0. The Kier molecular flexibility index (Phi) is 5.43. The molecule has 0 saturated carbocycles. The molecule has 1 fully saturated rings. The molecule has 0 atom stereocenters. The molecule has 3 amide bonds. The third kappa shape index (κ3) is 4.38. The first kappa shape index (κ1) is 18.6. The number of benzene rings is 1. The van der Waals surface area contributed by atoms with E-state index in [0.717, 1.165) is 22.2 Å². The van der Waals surface area contributed by atoms with Crippen molar-refractivity contribution in [1.29, 1.82) is 0 Å². The highest BCUT2D eigenvalue weighted by Crippen LogP contribution is 2.15. The number of nitrogens with one attached hydrogen (secondary N) is 2. The molecule has 7 heteroatoms. The summed E-state index contributed by atoms with van der Waals surface area (Å²) in [6.45, 7) is 2.36. The summed E-state index contributed by atoms with van der Waals surface area (Å²) in [6, 6.07) is 13.1. The van der Waals surface area contributed by atoms with E-state index in [2.05, 4.69) is 27.1 Å². The first-order chi connectivity index (χ1) is 14.2. The number of pyridine rings is 1. The van der Waals surface area contributed by atoms with E-state index in [1.807, 2.05) is 48.7 Å². The highest BCUT2D eigenvalue weighted by atomic mass is 16.2. The topological polar surface area (TPSA) is 81.3 Å². The monoisotopic (exact) mass is 387 g/mol. The first-order valence-corrected chi connectivity index (χ1v) is 9.50. The molecule has 0 aliphatic carbocycles. The molecule has 3 heterocycles. The molecule has 0 bridgehead atoms. The van der Waals surface area contributed by atoms with Gasteiger partial charge in [0.25, 0.3) is 5.91 Å². The Hall–Kier alpha value is -3.79. The average molecular weight is 387 g/mol. The second-order valence-corrected chi connectivity index (χ2v) is 6.76. The number of urea groups is 1. The maximum Gasteiger partial charge on any atom is 0.317 e. The van der Waals surface area contributed by atoms with Gasteiger partial charge in [-0.15, -0.1) is 0 Å². The highest BCUT2D eigenvalue weighted by molar-refractivity contribution is 5.94. The summed E-state index contributed by atoms with van der Waals surface area (Å²) in [5.41, 5.74) is 2.63. The van der Waals surface area contributed by atoms with Gasteiger partial charge in [0.15, 0.2) is 0 Å². The Morgan fingerprint density at radius 3 is 2.59 bits per heavy atom. The van der Waals surface area contributed by atoms with Crippen molar-refractivity contribution in [2.75, 3.05) is 26.2 Å². The van der Waals surface area contributed by atoms with Crippen molar-refractivity contribution < 1.29 is 9.59 Å². The largest absolute Gasteiger partial charge is 0.346 e. The Labute approximate surface area is 168 Å². The predicted octanol–water partition coefficient (Wildman–Crippen LogP) is 1.97. The van der Waals surface area contributed by atoms with Crippen LogP contribution in [0.1, 0.15) is 11.1 Å². The van der Waals surface area contributed by atoms with E-state index in [1.165, 1.54) is 0 Å². The lowest BCUT2D eigenvalue weighted by atomic mass is 10.2. The molecule has 3 aromatic rings. The molecular weight excluding hydrogens is 366 g/mol. The number of H-pyrrole nitrogens is 1. The number of hydrogen-bond donors (Lipinski definition) is 2. The number of amides is 3. The van der Waals surface area contributed by atoms with Crippen LogP contribution in [0, 0.1) is 11.8 Å². The maximum atomic E-state index is 12.5. The van der Waals surface area contributed by atoms with Gasteiger partial charge in [-0.1, -0.05) is 24.1 Å². The van der Waals surface area contributed by atoms with Gasteiger partial charge in [0.1, 0.15) is 5.65 Å². The number of carbonyl (C=O) groups is 2. The van der Waals surface area contributed by atoms with E-state index in [-0.39, 0.29) is 11.9 Å². The fourth-order valence-corrected chi connectivity index (χ4v) is 3.29. The maximum absolute atomic E-state index is 12.5. The molecule has 2 N–H and O–H groups in total. The van der Waals surface area contributed by atoms with Gasteiger partial charge in [-0.2, -0.15) is 0 Å². The number of piperazine rings is 1. The van der Waals surface area contributed by atoms with Crippen LogP contribution < -0.4 is 5.32 Å². The minimum absolute atomic E-state index is 0.132. The second kappa shape index (κ2) is 8.48. The van der Waals surface area contributed by atoms with E-state index in [1.54, 1.807) is 16.0 Å². The van der Waals surface area contributed by atoms with Crippen molar-refractivity contribution in [1.82, 2.24) is 25.1 Å². The molecule has 2 aromatic heterocycles. The zero-order valence-corrected chi connectivity index (χ0v) is 15.9. The minimum atomic E-state index is -0.208. The number of fused-ring (bicyclic) bond motifs is 1. The van der Waals surface area contributed by atoms with Gasteiger partial charge in [0.05, 0.1) is 0 Å². The van der Waals surface area contributed by atoms with Gasteiger partial charge in [-0.25, -0.2) is 9.78 Å². The van der Waals surface area contributed by atoms with Crippen LogP contribution in [0.2, 0.25) is 0 Å². The number of rotatable bonds is 2. The number of aromatic nitrogens is 2. The van der Waals surface area contributed by atoms with Crippen LogP contribution >= 0.6 is 0 Å². The van der Waals surface area contributed by atoms with Crippen molar-refractivity contribution in [3.8, 4) is 11.8 Å². The average Bonchev–Trinajstić information content (AvgIpc) is 3.26. The van der Waals surface area contributed by atoms with Crippen LogP contribution in [-0.4, -0.2) is 57.9 Å². The molecule has 1 aliphatic rings. The first-order valence-electron chi connectivity index (χ1n) is 9.50. The summed E-state index contributed by atoms with van der Waals surface area (Å²) in [6.07, 6.45) is 3.56. The van der Waals surface area contributed by atoms with E-state index in [9.17, 15) is 9.59 Å². The fourth-order valence-electron chi connectivity index (χ4n) is 3.29. The van der Waals surface area contributed by atoms with Crippen LogP contribution in [0.4, 0.5) is 4.79 Å². The summed E-state index contributed by atoms with van der Waals surface area (Å²) in [7, 11) is 0. The van der Waals surface area contributed by atoms with Gasteiger partial charge in [-0.3, -0.25) is 4.79 Å². The number of hydrogen-bond acceptors (Lipinski definition) is 3. The molecule has 0 spiro atoms. The summed E-state index contributed by atoms with van der Waals surface area (Å²) in [5, 5.41) is 3.96. The standard InChI is InChI=1S/C22H21N5O2/c28-20(7-6-17-4-2-1-3-5-17)26-12-14-27(15-13-26)22(29)25-16-18-8-10-23-21-19(18)9-11-24-21/h1-5,8-11H,12-16H2,(H,23,24)(H,25,29). The van der Waals surface area contributed by atoms with Crippen LogP contribution in [0.5, 0.6) is 0 Å². The molecule has 1 saturated heterocycles. The van der Waals surface area contributed by atoms with Crippen molar-refractivity contribution in [2.45, 2.75) is 6.54 Å². The second-order valence-electron chi connectivity index (χ2n) is 6.76. The third-order valence-corrected chi connectivity index (χ3v) is 4.92. The zero-order chi connectivity index (χ0) is 20.1. The van der Waals surface area contributed by atoms with Crippen molar-refractivity contribution in [3.05, 3.63) is 66.0 Å². The lowest BCUT2D eigenvalue weighted by Crippen LogP contribution is -2.52. The highest BCUT2D eigenvalue weighted by Gasteiger charge is 2.23. The number of nitrogens with zero attached hydrogens (tertiary/aromatic N) is 3.